The van der Waals surface area contributed by atoms with Crippen LogP contribution in [0.15, 0.2) is 60.8 Å². The predicted molar refractivity (Wildman–Crippen MR) is 66.6 cm³/mol. The van der Waals surface area contributed by atoms with Crippen molar-refractivity contribution in [3.63, 3.8) is 0 Å². The third-order valence-corrected chi connectivity index (χ3v) is 2.87. The minimum absolute atomic E-state index is 0. The predicted octanol–water partition coefficient (Wildman–Crippen LogP) is -2.45. The SMILES string of the molecule is [Cl-].[Cl-].[Cr+3].c1ccc(C[c-]2ccc3ccccc32)nc1. The molecule has 1 heterocycles. The molecule has 1 radical (unpaired) electrons. The number of nitrogens with zero attached hydrogens (tertiary/aromatic N) is 1. The van der Waals surface area contributed by atoms with E-state index in [-0.39, 0.29) is 42.2 Å². The van der Waals surface area contributed by atoms with E-state index in [0.717, 1.165) is 12.1 Å². The van der Waals surface area contributed by atoms with Crippen molar-refractivity contribution < 1.29 is 42.2 Å². The van der Waals surface area contributed by atoms with Gasteiger partial charge in [-0.2, -0.15) is 6.07 Å². The van der Waals surface area contributed by atoms with Gasteiger partial charge in [0.15, 0.2) is 0 Å². The van der Waals surface area contributed by atoms with Gasteiger partial charge in [0.05, 0.1) is 0 Å². The molecule has 0 aliphatic carbocycles. The second kappa shape index (κ2) is 8.30. The van der Waals surface area contributed by atoms with Gasteiger partial charge < -0.3 is 24.8 Å². The van der Waals surface area contributed by atoms with Gasteiger partial charge in [-0.25, -0.2) is 0 Å². The number of aromatic nitrogens is 1. The molecule has 97 valence electrons. The van der Waals surface area contributed by atoms with Crippen molar-refractivity contribution in [1.82, 2.24) is 4.98 Å². The maximum atomic E-state index is 4.36. The van der Waals surface area contributed by atoms with Crippen LogP contribution in [0.3, 0.4) is 0 Å². The monoisotopic (exact) mass is 328 g/mol. The Kier molecular flexibility index (Phi) is 7.90. The summed E-state index contributed by atoms with van der Waals surface area (Å²) in [6.45, 7) is 0. The second-order valence-electron chi connectivity index (χ2n) is 3.94. The summed E-state index contributed by atoms with van der Waals surface area (Å²) in [4.78, 5) is 4.36. The summed E-state index contributed by atoms with van der Waals surface area (Å²) in [5.74, 6) is 0. The van der Waals surface area contributed by atoms with Crippen LogP contribution in [0.25, 0.3) is 10.8 Å². The molecule has 0 fully saturated rings. The Bertz CT molecular complexity index is 608. The van der Waals surface area contributed by atoms with Gasteiger partial charge in [-0.3, -0.25) is 4.98 Å². The minimum atomic E-state index is 0. The van der Waals surface area contributed by atoms with Crippen LogP contribution in [-0.4, -0.2) is 4.98 Å². The van der Waals surface area contributed by atoms with Crippen molar-refractivity contribution in [2.75, 3.05) is 0 Å². The van der Waals surface area contributed by atoms with Crippen molar-refractivity contribution in [2.24, 2.45) is 0 Å². The molecule has 0 saturated carbocycles. The molecule has 0 unspecified atom stereocenters. The fourth-order valence-electron chi connectivity index (χ4n) is 2.07. The van der Waals surface area contributed by atoms with E-state index in [1.54, 1.807) is 0 Å². The maximum absolute atomic E-state index is 4.36. The Morgan fingerprint density at radius 2 is 1.63 bits per heavy atom. The second-order valence-corrected chi connectivity index (χ2v) is 3.94. The molecule has 0 amide bonds. The Hall–Kier alpha value is -0.908. The number of hydrogen-bond donors (Lipinski definition) is 0. The van der Waals surface area contributed by atoms with Crippen molar-refractivity contribution in [3.8, 4) is 0 Å². The molecule has 0 aliphatic rings. The Morgan fingerprint density at radius 3 is 2.37 bits per heavy atom. The Morgan fingerprint density at radius 1 is 0.895 bits per heavy atom. The van der Waals surface area contributed by atoms with Gasteiger partial charge in [-0.05, 0) is 18.6 Å². The van der Waals surface area contributed by atoms with Gasteiger partial charge in [0.2, 0.25) is 0 Å². The van der Waals surface area contributed by atoms with Crippen LogP contribution in [0, 0.1) is 0 Å². The number of benzene rings is 1. The van der Waals surface area contributed by atoms with Crippen molar-refractivity contribution in [1.29, 1.82) is 0 Å². The Labute approximate surface area is 136 Å². The van der Waals surface area contributed by atoms with Crippen LogP contribution >= 0.6 is 0 Å². The number of rotatable bonds is 2. The van der Waals surface area contributed by atoms with Crippen LogP contribution in [-0.2, 0) is 23.8 Å². The molecule has 3 aromatic rings. The van der Waals surface area contributed by atoms with Crippen molar-refractivity contribution >= 4 is 10.8 Å². The molecule has 0 aliphatic heterocycles. The van der Waals surface area contributed by atoms with Crippen LogP contribution in [0.4, 0.5) is 0 Å². The summed E-state index contributed by atoms with van der Waals surface area (Å²) in [7, 11) is 0. The fraction of sp³-hybridized carbons (Fsp3) is 0.0667. The number of pyridine rings is 1. The first kappa shape index (κ1) is 18.1. The average Bonchev–Trinajstić information content (AvgIpc) is 2.74. The van der Waals surface area contributed by atoms with E-state index in [4.69, 9.17) is 0 Å². The van der Waals surface area contributed by atoms with Gasteiger partial charge in [0.25, 0.3) is 0 Å². The first-order chi connectivity index (χ1) is 7.93. The molecule has 0 saturated heterocycles. The van der Waals surface area contributed by atoms with Gasteiger partial charge >= 0.3 is 17.4 Å². The normalized spacial score (nSPS) is 9.05. The summed E-state index contributed by atoms with van der Waals surface area (Å²) >= 11 is 0. The fourth-order valence-corrected chi connectivity index (χ4v) is 2.07. The summed E-state index contributed by atoms with van der Waals surface area (Å²) in [5.41, 5.74) is 2.48. The molecule has 2 aromatic carbocycles. The van der Waals surface area contributed by atoms with Crippen molar-refractivity contribution in [3.05, 3.63) is 72.1 Å². The van der Waals surface area contributed by atoms with E-state index in [1.807, 2.05) is 18.3 Å². The molecule has 1 aromatic heterocycles. The minimum Gasteiger partial charge on any atom is -1.00 e. The molecule has 0 N–H and O–H groups in total. The van der Waals surface area contributed by atoms with E-state index in [1.165, 1.54) is 16.3 Å². The molecule has 4 heteroatoms. The zero-order valence-corrected chi connectivity index (χ0v) is 12.9. The summed E-state index contributed by atoms with van der Waals surface area (Å²) in [5, 5.41) is 2.65. The third kappa shape index (κ3) is 4.03. The molecule has 1 nitrogen and oxygen atoms in total. The molecule has 3 rings (SSSR count). The summed E-state index contributed by atoms with van der Waals surface area (Å²) in [6, 6.07) is 18.9. The summed E-state index contributed by atoms with van der Waals surface area (Å²) < 4.78 is 0. The molecule has 19 heavy (non-hydrogen) atoms. The van der Waals surface area contributed by atoms with Gasteiger partial charge in [-0.1, -0.05) is 12.1 Å². The van der Waals surface area contributed by atoms with E-state index >= 15 is 0 Å². The first-order valence-electron chi connectivity index (χ1n) is 5.47. The van der Waals surface area contributed by atoms with Gasteiger partial charge in [0.1, 0.15) is 0 Å². The van der Waals surface area contributed by atoms with Crippen LogP contribution in [0.1, 0.15) is 11.3 Å². The Balaban J connectivity index is 0.00000108. The van der Waals surface area contributed by atoms with Crippen LogP contribution in [0.5, 0.6) is 0 Å². The van der Waals surface area contributed by atoms with Crippen molar-refractivity contribution in [2.45, 2.75) is 6.42 Å². The topological polar surface area (TPSA) is 12.9 Å². The quantitative estimate of drug-likeness (QED) is 0.476. The van der Waals surface area contributed by atoms with E-state index in [2.05, 4.69) is 47.4 Å². The first-order valence-corrected chi connectivity index (χ1v) is 5.47. The third-order valence-electron chi connectivity index (χ3n) is 2.87. The molecule has 0 atom stereocenters. The molecular weight excluding hydrogens is 317 g/mol. The zero-order chi connectivity index (χ0) is 10.8. The standard InChI is InChI=1S/C15H12N.2ClH.Cr/c1-2-7-15-12(5-1)8-9-13(15)11-14-6-3-4-10-16-14;;;/h1-10H,11H2;2*1H;/q-1;;;+3/p-2. The van der Waals surface area contributed by atoms with E-state index in [9.17, 15) is 0 Å². The van der Waals surface area contributed by atoms with E-state index in [0.29, 0.717) is 0 Å². The largest absolute Gasteiger partial charge is 3.00 e. The average molecular weight is 329 g/mol. The van der Waals surface area contributed by atoms with E-state index < -0.39 is 0 Å². The number of hydrogen-bond acceptors (Lipinski definition) is 1. The molecule has 0 spiro atoms. The number of halogens is 2. The summed E-state index contributed by atoms with van der Waals surface area (Å²) in [6.07, 6.45) is 2.76. The maximum Gasteiger partial charge on any atom is 3.00 e. The van der Waals surface area contributed by atoms with Gasteiger partial charge in [0, 0.05) is 11.9 Å². The van der Waals surface area contributed by atoms with Crippen LogP contribution < -0.4 is 24.8 Å². The molecular formula is C15H12Cl2CrN. The zero-order valence-electron chi connectivity index (χ0n) is 10.1. The number of fused-ring (bicyclic) bond motifs is 1. The van der Waals surface area contributed by atoms with Crippen LogP contribution in [0.2, 0.25) is 0 Å². The smallest absolute Gasteiger partial charge is 1.00 e. The van der Waals surface area contributed by atoms with Gasteiger partial charge in [-0.15, -0.1) is 40.6 Å². The molecule has 0 bridgehead atoms.